The lowest BCUT2D eigenvalue weighted by Crippen LogP contribution is -2.34. The predicted molar refractivity (Wildman–Crippen MR) is 534 cm³/mol. The number of hydrogen-bond acceptors (Lipinski definition) is 30. The molecule has 0 saturated heterocycles. The van der Waals surface area contributed by atoms with Crippen molar-refractivity contribution in [1.29, 1.82) is 0 Å². The van der Waals surface area contributed by atoms with E-state index in [9.17, 15) is 46.9 Å². The molecule has 0 fully saturated rings. The van der Waals surface area contributed by atoms with E-state index < -0.39 is 60.9 Å². The van der Waals surface area contributed by atoms with Gasteiger partial charge < -0.3 is 38.1 Å². The molecule has 30 nitrogen and oxygen atoms in total. The molecule has 1 amide bonds. The Labute approximate surface area is 804 Å². The molecule has 708 valence electrons. The maximum Gasteiger partial charge on any atom is 0.420 e. The molecule has 0 saturated carbocycles. The molecule has 0 aliphatic carbocycles. The molecule has 0 spiro atoms. The zero-order valence-electron chi connectivity index (χ0n) is 76.6. The first-order valence-corrected chi connectivity index (χ1v) is 53.6. The van der Waals surface area contributed by atoms with E-state index in [0.717, 1.165) is 96.8 Å². The van der Waals surface area contributed by atoms with Crippen LogP contribution in [0.3, 0.4) is 0 Å². The summed E-state index contributed by atoms with van der Waals surface area (Å²) in [5, 5.41) is 14.0. The molecule has 0 radical (unpaired) electrons. The second-order valence-electron chi connectivity index (χ2n) is 32.1. The number of anilines is 4. The highest BCUT2D eigenvalue weighted by atomic mass is 32.2. The van der Waals surface area contributed by atoms with Crippen LogP contribution in [-0.2, 0) is 73.6 Å². The van der Waals surface area contributed by atoms with Crippen LogP contribution in [0.4, 0.5) is 27.9 Å². The molecule has 0 atom stereocenters. The lowest BCUT2D eigenvalue weighted by Gasteiger charge is -2.26. The molecule has 0 aliphatic rings. The summed E-state index contributed by atoms with van der Waals surface area (Å²) in [6.45, 7) is 12.1. The second-order valence-corrected chi connectivity index (χ2v) is 44.1. The van der Waals surface area contributed by atoms with Crippen LogP contribution in [0, 0.1) is 5.92 Å². The van der Waals surface area contributed by atoms with Crippen molar-refractivity contribution in [1.82, 2.24) is 49.7 Å². The van der Waals surface area contributed by atoms with E-state index in [1.54, 1.807) is 233 Å². The van der Waals surface area contributed by atoms with Gasteiger partial charge in [-0.2, -0.15) is 5.10 Å². The number of thioether (sulfide) groups is 1. The molecule has 17 rings (SSSR count). The van der Waals surface area contributed by atoms with E-state index >= 15 is 0 Å². The van der Waals surface area contributed by atoms with Gasteiger partial charge in [0.05, 0.1) is 147 Å². The van der Waals surface area contributed by atoms with Crippen molar-refractivity contribution in [3.63, 3.8) is 0 Å². The average Bonchev–Trinajstić information content (AvgIpc) is 1.29. The first kappa shape index (κ1) is 102. The zero-order valence-corrected chi connectivity index (χ0v) is 82.4. The summed E-state index contributed by atoms with van der Waals surface area (Å²) >= 11 is 3.44. The first-order valence-electron chi connectivity index (χ1n) is 42.1. The minimum Gasteiger partial charge on any atom is -0.480 e. The molecule has 11 aromatic heterocycles. The number of rotatable bonds is 26. The summed E-state index contributed by atoms with van der Waals surface area (Å²) in [5.41, 5.74) is 12.8. The largest absolute Gasteiger partial charge is 0.480 e. The van der Waals surface area contributed by atoms with E-state index in [0.29, 0.717) is 75.8 Å². The molecule has 11 heterocycles. The van der Waals surface area contributed by atoms with E-state index in [-0.39, 0.29) is 14.7 Å². The number of carbonyl (C=O) groups excluding carboxylic acids is 1. The van der Waals surface area contributed by atoms with Crippen LogP contribution in [0.1, 0.15) is 50.6 Å². The number of aromatic nitrogens is 10. The smallest absolute Gasteiger partial charge is 0.420 e. The number of ether oxygens (including phenoxy) is 3. The van der Waals surface area contributed by atoms with Gasteiger partial charge in [-0.1, -0.05) is 105 Å². The molecule has 17 aromatic rings. The van der Waals surface area contributed by atoms with Crippen molar-refractivity contribution in [2.24, 2.45) is 5.92 Å². The number of carbonyl (C=O) groups is 1. The van der Waals surface area contributed by atoms with Gasteiger partial charge in [-0.05, 0) is 183 Å². The molecule has 0 bridgehead atoms. The number of nitrogens with one attached hydrogen (secondary N) is 2. The summed E-state index contributed by atoms with van der Waals surface area (Å²) in [4.78, 5) is 52.7. The Balaban J connectivity index is 0.000000148. The molecule has 137 heavy (non-hydrogen) atoms. The number of benzene rings is 6. The number of furan rings is 3. The Morgan fingerprint density at radius 1 is 0.467 bits per heavy atom. The lowest BCUT2D eigenvalue weighted by atomic mass is 10.1. The number of nitrogens with zero attached hydrogens (tertiary/aromatic N) is 11. The third-order valence-corrected chi connectivity index (χ3v) is 26.9. The molecule has 0 unspecified atom stereocenters. The number of methoxy groups -OCH3 is 1. The van der Waals surface area contributed by atoms with E-state index in [1.807, 2.05) is 65.5 Å². The standard InChI is InChI=1S/C21H22N2O5S.C18H15N3O2S2.C17H16N2O3S.C17H16N2OS.C15H18N2O3S.C12H12N2O3S/c1-21(2,3)28-20(24)23(16-12-13-27-14-16)19-7-5-6-18(22-19)15-8-10-17(11-9-15)29(4,25)26;1-25(22,23)16-6-4-13(5-7-16)17-9-18-14(10-19-17)11-20-21(18)12-15-3-2-8-24-15;1-23(20,21)16-4-2-14(3-5-16)15-6-8-18-17(10-15)19-11-13-7-9-22-12-13;1-21-15-7-5-14(6-8-15)16-3-2-4-17(19-16)18-11-13-9-10-20-12-13;1-11(2)10-20-15-9-16-8-14(17-15)12-4-6-13(7-5-12)21(3,18)19;1-17-12-8-13-7-11(14-12)9-3-5-10(6-4-9)18(2,15)16/h5-14H,1-4H3;2-11H,12H2,1H3;2-10,12H,11H2,1H3,(H,18,19);2-10,12H,11H2,1H3,(H,18,19);4-9,11H,10H2,1-3H3;3-8H,1-2H3. The monoisotopic (exact) mass is 1980 g/mol. The normalized spacial score (nSPS) is 11.5. The Kier molecular flexibility index (Phi) is 34.3. The lowest BCUT2D eigenvalue weighted by molar-refractivity contribution is 0.0597. The van der Waals surface area contributed by atoms with Crippen molar-refractivity contribution in [2.45, 2.75) is 89.2 Å². The van der Waals surface area contributed by atoms with Gasteiger partial charge in [0.25, 0.3) is 0 Å². The van der Waals surface area contributed by atoms with E-state index in [4.69, 9.17) is 27.5 Å². The quantitative estimate of drug-likeness (QED) is 0.0475. The van der Waals surface area contributed by atoms with Gasteiger partial charge in [-0.15, -0.1) is 23.1 Å². The van der Waals surface area contributed by atoms with Crippen molar-refractivity contribution < 1.29 is 74.3 Å². The Morgan fingerprint density at radius 3 is 1.40 bits per heavy atom. The zero-order chi connectivity index (χ0) is 98.1. The van der Waals surface area contributed by atoms with Crippen LogP contribution in [0.15, 0.2) is 359 Å². The predicted octanol–water partition coefficient (Wildman–Crippen LogP) is 20.6. The molecule has 37 heteroatoms. The number of pyridine rings is 4. The fraction of sp³-hybridized carbons (Fsp3) is 0.180. The number of sulfone groups is 5. The van der Waals surface area contributed by atoms with Gasteiger partial charge >= 0.3 is 6.09 Å². The van der Waals surface area contributed by atoms with Gasteiger partial charge in [-0.3, -0.25) is 19.6 Å². The highest BCUT2D eigenvalue weighted by Gasteiger charge is 2.28. The maximum absolute atomic E-state index is 12.8. The minimum absolute atomic E-state index is 0.228. The molecule has 2 N–H and O–H groups in total. The summed E-state index contributed by atoms with van der Waals surface area (Å²) in [5.74, 6) is 3.25. The first-order chi connectivity index (χ1) is 65.3. The summed E-state index contributed by atoms with van der Waals surface area (Å²) in [7, 11) is -14.5. The van der Waals surface area contributed by atoms with Gasteiger partial charge in [0.2, 0.25) is 11.8 Å². The van der Waals surface area contributed by atoms with Crippen LogP contribution in [0.25, 0.3) is 78.3 Å². The van der Waals surface area contributed by atoms with Gasteiger partial charge in [-0.25, -0.2) is 76.7 Å². The number of fused-ring (bicyclic) bond motifs is 1. The van der Waals surface area contributed by atoms with Crippen LogP contribution in [0.2, 0.25) is 0 Å². The van der Waals surface area contributed by atoms with Crippen molar-refractivity contribution >= 4 is 112 Å². The van der Waals surface area contributed by atoms with Crippen LogP contribution in [-0.4, -0.2) is 155 Å². The van der Waals surface area contributed by atoms with Crippen molar-refractivity contribution in [2.75, 3.05) is 66.8 Å². The van der Waals surface area contributed by atoms with Crippen LogP contribution >= 0.6 is 23.1 Å². The van der Waals surface area contributed by atoms with Crippen molar-refractivity contribution in [3.05, 3.63) is 333 Å². The highest BCUT2D eigenvalue weighted by Crippen LogP contribution is 2.33. The van der Waals surface area contributed by atoms with Crippen LogP contribution < -0.4 is 25.0 Å². The molecule has 6 aromatic carbocycles. The maximum atomic E-state index is 12.8. The third-order valence-electron chi connectivity index (χ3n) is 19.6. The number of hydrogen-bond donors (Lipinski definition) is 2. The van der Waals surface area contributed by atoms with Gasteiger partial charge in [0.1, 0.15) is 29.3 Å². The Morgan fingerprint density at radius 2 is 0.934 bits per heavy atom. The third kappa shape index (κ3) is 30.3. The molecular weight excluding hydrogens is 1880 g/mol. The fourth-order valence-electron chi connectivity index (χ4n) is 12.7. The highest BCUT2D eigenvalue weighted by molar-refractivity contribution is 7.98. The van der Waals surface area contributed by atoms with E-state index in [1.165, 1.54) is 77.7 Å². The Hall–Kier alpha value is -14.3. The van der Waals surface area contributed by atoms with E-state index in [2.05, 4.69) is 111 Å². The SMILES string of the molecule is CC(C)(C)OC(=O)N(c1ccoc1)c1cccc(-c2ccc(S(C)(=O)=O)cc2)n1.CC(C)COc1cncc(-c2ccc(S(C)(=O)=O)cc2)n1.COc1cncc(-c2ccc(S(C)(=O)=O)cc2)n1.CS(=O)(=O)c1ccc(-c2cc3c(cn2)cnn3Cc2cccs2)cc1.CS(=O)(=O)c1ccc(-c2ccnc(NCc3ccoc3)c2)cc1.CSc1ccc(-c2cccc(NCc3ccoc3)n2)cc1. The molecular formula is C100H99N13O17S7. The number of amides is 1. The molecule has 0 aliphatic heterocycles. The topological polar surface area (TPSA) is 403 Å². The average molecular weight is 1980 g/mol. The van der Waals surface area contributed by atoms with Gasteiger partial charge in [0.15, 0.2) is 49.2 Å². The summed E-state index contributed by atoms with van der Waals surface area (Å²) < 4.78 is 148. The number of thiophene rings is 1. The Bertz CT molecular complexity index is 7450. The fourth-order valence-corrected chi connectivity index (χ4v) is 16.9. The minimum atomic E-state index is -3.28. The summed E-state index contributed by atoms with van der Waals surface area (Å²) in [6, 6.07) is 68.1. The van der Waals surface area contributed by atoms with Gasteiger partial charge in [0, 0.05) is 117 Å². The van der Waals surface area contributed by atoms with Crippen molar-refractivity contribution in [3.8, 4) is 79.2 Å². The summed E-state index contributed by atoms with van der Waals surface area (Å²) in [6.07, 6.45) is 28.6. The van der Waals surface area contributed by atoms with Crippen LogP contribution in [0.5, 0.6) is 11.8 Å². The second kappa shape index (κ2) is 46.3.